The average Bonchev–Trinajstić information content (AvgIpc) is 2.96. The number of methoxy groups -OCH3 is 2. The van der Waals surface area contributed by atoms with Gasteiger partial charge in [-0.3, -0.25) is 0 Å². The number of hydrogen-bond donors (Lipinski definition) is 0. The molecule has 0 bridgehead atoms. The maximum Gasteiger partial charge on any atom is 0.416 e. The summed E-state index contributed by atoms with van der Waals surface area (Å²) in [4.78, 5) is 11.4. The van der Waals surface area contributed by atoms with E-state index in [0.29, 0.717) is 73.3 Å². The third-order valence-corrected chi connectivity index (χ3v) is 6.58. The van der Waals surface area contributed by atoms with Gasteiger partial charge >= 0.3 is 12.2 Å². The largest absolute Gasteiger partial charge is 0.493 e. The minimum Gasteiger partial charge on any atom is -0.493 e. The van der Waals surface area contributed by atoms with Crippen LogP contribution in [-0.4, -0.2) is 57.1 Å². The maximum absolute atomic E-state index is 13.3. The Morgan fingerprint density at radius 1 is 0.897 bits per heavy atom. The number of halogens is 3. The molecule has 10 heteroatoms. The van der Waals surface area contributed by atoms with Crippen molar-refractivity contribution in [2.45, 2.75) is 12.6 Å². The van der Waals surface area contributed by atoms with Gasteiger partial charge in [0.15, 0.2) is 11.5 Å². The lowest BCUT2D eigenvalue weighted by atomic mass is 10.0. The molecule has 0 amide bonds. The van der Waals surface area contributed by atoms with Crippen LogP contribution >= 0.6 is 0 Å². The molecule has 2 heterocycles. The zero-order chi connectivity index (χ0) is 27.4. The smallest absolute Gasteiger partial charge is 0.416 e. The zero-order valence-corrected chi connectivity index (χ0v) is 21.6. The molecule has 0 radical (unpaired) electrons. The van der Waals surface area contributed by atoms with E-state index in [9.17, 15) is 13.2 Å². The molecule has 0 N–H and O–H groups in total. The molecule has 1 saturated heterocycles. The first-order valence-electron chi connectivity index (χ1n) is 12.5. The highest BCUT2D eigenvalue weighted by molar-refractivity contribution is 5.93. The maximum atomic E-state index is 13.3. The summed E-state index contributed by atoms with van der Waals surface area (Å²) in [5.74, 6) is 1.95. The number of hydrogen-bond acceptors (Lipinski definition) is 7. The number of fused-ring (bicyclic) bond motifs is 1. The lowest BCUT2D eigenvalue weighted by Gasteiger charge is -2.29. The summed E-state index contributed by atoms with van der Waals surface area (Å²) in [6, 6.07) is 16.6. The lowest BCUT2D eigenvalue weighted by molar-refractivity contribution is -0.137. The van der Waals surface area contributed by atoms with Gasteiger partial charge in [0.2, 0.25) is 0 Å². The van der Waals surface area contributed by atoms with E-state index < -0.39 is 11.7 Å². The van der Waals surface area contributed by atoms with E-state index >= 15 is 0 Å². The second-order valence-corrected chi connectivity index (χ2v) is 8.99. The second kappa shape index (κ2) is 11.4. The van der Waals surface area contributed by atoms with Gasteiger partial charge in [0.25, 0.3) is 0 Å². The summed E-state index contributed by atoms with van der Waals surface area (Å²) in [5.41, 5.74) is 1.98. The van der Waals surface area contributed by atoms with Gasteiger partial charge in [-0.25, -0.2) is 0 Å². The highest BCUT2D eigenvalue weighted by Crippen LogP contribution is 2.35. The van der Waals surface area contributed by atoms with Crippen LogP contribution in [0.25, 0.3) is 22.0 Å². The van der Waals surface area contributed by atoms with E-state index in [4.69, 9.17) is 23.9 Å². The summed E-state index contributed by atoms with van der Waals surface area (Å²) in [6.07, 6.45) is -3.88. The molecule has 1 aliphatic heterocycles. The molecule has 1 fully saturated rings. The van der Waals surface area contributed by atoms with E-state index in [0.717, 1.165) is 23.1 Å². The second-order valence-electron chi connectivity index (χ2n) is 8.99. The molecule has 1 aliphatic rings. The third-order valence-electron chi connectivity index (χ3n) is 6.58. The molecule has 39 heavy (non-hydrogen) atoms. The fourth-order valence-electron chi connectivity index (χ4n) is 4.63. The quantitative estimate of drug-likeness (QED) is 0.281. The van der Waals surface area contributed by atoms with Crippen molar-refractivity contribution >= 4 is 16.7 Å². The van der Waals surface area contributed by atoms with Crippen LogP contribution in [-0.2, 0) is 17.3 Å². The van der Waals surface area contributed by atoms with Crippen LogP contribution in [0.3, 0.4) is 0 Å². The van der Waals surface area contributed by atoms with Crippen LogP contribution in [0.5, 0.6) is 17.5 Å². The van der Waals surface area contributed by atoms with Crippen molar-refractivity contribution in [3.63, 3.8) is 0 Å². The van der Waals surface area contributed by atoms with Gasteiger partial charge in [0.05, 0.1) is 45.1 Å². The van der Waals surface area contributed by atoms with Crippen molar-refractivity contribution in [3.8, 4) is 28.6 Å². The molecule has 0 atom stereocenters. The molecule has 204 valence electrons. The van der Waals surface area contributed by atoms with Crippen LogP contribution < -0.4 is 19.1 Å². The van der Waals surface area contributed by atoms with Crippen LogP contribution in [0.4, 0.5) is 19.0 Å². The number of benzene rings is 3. The van der Waals surface area contributed by atoms with Crippen LogP contribution in [0.15, 0.2) is 60.7 Å². The van der Waals surface area contributed by atoms with Crippen molar-refractivity contribution in [1.82, 2.24) is 9.97 Å². The zero-order valence-electron chi connectivity index (χ0n) is 21.6. The van der Waals surface area contributed by atoms with Crippen molar-refractivity contribution in [2.24, 2.45) is 0 Å². The predicted octanol–water partition coefficient (Wildman–Crippen LogP) is 5.79. The standard InChI is InChI=1S/C29H28F3N3O4/c1-36-25-8-4-5-19(26(25)37-2)11-14-39-28-33-24-10-9-21(20-6-3-7-22(17-20)29(30,31)32)18-23(24)27(34-28)35-12-15-38-16-13-35/h3-10,17-18H,11-16H2,1-2H3. The SMILES string of the molecule is COc1cccc(CCOc2nc(N3CCOCC3)c3cc(-c4cccc(C(F)(F)F)c4)ccc3n2)c1OC. The van der Waals surface area contributed by atoms with Gasteiger partial charge < -0.3 is 23.8 Å². The Balaban J connectivity index is 1.46. The molecule has 0 spiro atoms. The molecular formula is C29H28F3N3O4. The van der Waals surface area contributed by atoms with Gasteiger partial charge in [-0.2, -0.15) is 23.1 Å². The third kappa shape index (κ3) is 5.85. The Morgan fingerprint density at radius 2 is 1.67 bits per heavy atom. The van der Waals surface area contributed by atoms with Crippen LogP contribution in [0, 0.1) is 0 Å². The number of morpholine rings is 1. The molecule has 3 aromatic carbocycles. The minimum atomic E-state index is -4.42. The normalized spacial score (nSPS) is 13.9. The Morgan fingerprint density at radius 3 is 2.41 bits per heavy atom. The Labute approximate surface area is 224 Å². The highest BCUT2D eigenvalue weighted by Gasteiger charge is 2.30. The fourth-order valence-corrected chi connectivity index (χ4v) is 4.63. The van der Waals surface area contributed by atoms with Crippen LogP contribution in [0.1, 0.15) is 11.1 Å². The molecule has 0 saturated carbocycles. The monoisotopic (exact) mass is 539 g/mol. The van der Waals surface area contributed by atoms with Crippen molar-refractivity contribution in [3.05, 3.63) is 71.8 Å². The number of nitrogens with zero attached hydrogens (tertiary/aromatic N) is 3. The number of para-hydroxylation sites is 1. The van der Waals surface area contributed by atoms with E-state index in [1.54, 1.807) is 32.4 Å². The van der Waals surface area contributed by atoms with E-state index in [1.165, 1.54) is 6.07 Å². The first-order chi connectivity index (χ1) is 18.9. The molecule has 4 aromatic rings. The fraction of sp³-hybridized carbons (Fsp3) is 0.310. The molecule has 0 unspecified atom stereocenters. The summed E-state index contributed by atoms with van der Waals surface area (Å²) >= 11 is 0. The average molecular weight is 540 g/mol. The summed E-state index contributed by atoms with van der Waals surface area (Å²) in [5, 5.41) is 0.730. The van der Waals surface area contributed by atoms with Gasteiger partial charge in [-0.15, -0.1) is 0 Å². The van der Waals surface area contributed by atoms with Crippen molar-refractivity contribution < 1.29 is 32.1 Å². The van der Waals surface area contributed by atoms with Crippen molar-refractivity contribution in [2.75, 3.05) is 52.0 Å². The van der Waals surface area contributed by atoms with E-state index in [1.807, 2.05) is 24.3 Å². The molecule has 5 rings (SSSR count). The first-order valence-corrected chi connectivity index (χ1v) is 12.5. The summed E-state index contributed by atoms with van der Waals surface area (Å²) < 4.78 is 62.3. The van der Waals surface area contributed by atoms with E-state index in [-0.39, 0.29) is 6.01 Å². The minimum absolute atomic E-state index is 0.220. The number of aromatic nitrogens is 2. The first kappa shape index (κ1) is 26.6. The molecular weight excluding hydrogens is 511 g/mol. The number of ether oxygens (including phenoxy) is 4. The van der Waals surface area contributed by atoms with E-state index in [2.05, 4.69) is 9.88 Å². The predicted molar refractivity (Wildman–Crippen MR) is 142 cm³/mol. The highest BCUT2D eigenvalue weighted by atomic mass is 19.4. The van der Waals surface area contributed by atoms with Gasteiger partial charge in [-0.1, -0.05) is 30.3 Å². The Bertz CT molecular complexity index is 1460. The summed E-state index contributed by atoms with van der Waals surface area (Å²) in [6.45, 7) is 2.65. The molecule has 7 nitrogen and oxygen atoms in total. The van der Waals surface area contributed by atoms with Gasteiger partial charge in [0, 0.05) is 30.5 Å². The Hall–Kier alpha value is -4.05. The number of alkyl halides is 3. The summed E-state index contributed by atoms with van der Waals surface area (Å²) in [7, 11) is 3.18. The lowest BCUT2D eigenvalue weighted by Crippen LogP contribution is -2.37. The van der Waals surface area contributed by atoms with Gasteiger partial charge in [0.1, 0.15) is 5.82 Å². The molecule has 0 aliphatic carbocycles. The number of anilines is 1. The molecule has 1 aromatic heterocycles. The number of rotatable bonds is 8. The van der Waals surface area contributed by atoms with Gasteiger partial charge in [-0.05, 0) is 41.5 Å². The van der Waals surface area contributed by atoms with Crippen molar-refractivity contribution in [1.29, 1.82) is 0 Å². The Kier molecular flexibility index (Phi) is 7.74. The topological polar surface area (TPSA) is 65.9 Å². The van der Waals surface area contributed by atoms with Crippen LogP contribution in [0.2, 0.25) is 0 Å².